The molecule has 6 heteroatoms. The molecule has 6 nitrogen and oxygen atoms in total. The maximum Gasteiger partial charge on any atom is 0.195 e. The van der Waals surface area contributed by atoms with Gasteiger partial charge in [-0.3, -0.25) is 4.99 Å². The summed E-state index contributed by atoms with van der Waals surface area (Å²) in [7, 11) is 3.34. The maximum absolute atomic E-state index is 5.81. The molecule has 0 amide bonds. The molecule has 0 aliphatic heterocycles. The lowest BCUT2D eigenvalue weighted by Gasteiger charge is -2.14. The summed E-state index contributed by atoms with van der Waals surface area (Å²) in [5, 5.41) is 7.57. The average molecular weight is 353 g/mol. The van der Waals surface area contributed by atoms with Crippen LogP contribution in [0.3, 0.4) is 0 Å². The summed E-state index contributed by atoms with van der Waals surface area (Å²) in [6, 6.07) is 15.6. The van der Waals surface area contributed by atoms with Crippen molar-refractivity contribution in [2.24, 2.45) is 4.99 Å². The molecule has 26 heavy (non-hydrogen) atoms. The molecule has 0 radical (unpaired) electrons. The van der Waals surface area contributed by atoms with Gasteiger partial charge in [0.1, 0.15) is 11.3 Å². The van der Waals surface area contributed by atoms with E-state index in [1.54, 1.807) is 14.2 Å². The fourth-order valence-corrected chi connectivity index (χ4v) is 2.63. The molecule has 2 N–H and O–H groups in total. The number of methoxy groups -OCH3 is 1. The number of anilines is 1. The number of nitrogens with zero attached hydrogens (tertiary/aromatic N) is 1. The number of furan rings is 1. The molecule has 0 atom stereocenters. The quantitative estimate of drug-likeness (QED) is 0.517. The number of benzene rings is 2. The normalized spacial score (nSPS) is 11.4. The molecule has 0 fully saturated rings. The van der Waals surface area contributed by atoms with Crippen LogP contribution < -0.4 is 20.1 Å². The third-order valence-corrected chi connectivity index (χ3v) is 3.86. The van der Waals surface area contributed by atoms with Crippen LogP contribution in [-0.2, 0) is 6.54 Å². The molecule has 2 aromatic carbocycles. The van der Waals surface area contributed by atoms with Crippen LogP contribution in [0.2, 0.25) is 0 Å². The van der Waals surface area contributed by atoms with Crippen LogP contribution >= 0.6 is 0 Å². The first-order valence-electron chi connectivity index (χ1n) is 8.49. The number of nitrogens with one attached hydrogen (secondary N) is 2. The molecule has 0 unspecified atom stereocenters. The number of rotatable bonds is 6. The lowest BCUT2D eigenvalue weighted by atomic mass is 10.2. The number of guanidine groups is 1. The Bertz CT molecular complexity index is 869. The Morgan fingerprint density at radius 2 is 1.96 bits per heavy atom. The lowest BCUT2D eigenvalue weighted by molar-refractivity contribution is 0.311. The summed E-state index contributed by atoms with van der Waals surface area (Å²) < 4.78 is 16.7. The molecular formula is C20H23N3O3. The zero-order chi connectivity index (χ0) is 18.4. The summed E-state index contributed by atoms with van der Waals surface area (Å²) >= 11 is 0. The summed E-state index contributed by atoms with van der Waals surface area (Å²) in [6.07, 6.45) is 0. The van der Waals surface area contributed by atoms with Gasteiger partial charge in [0.2, 0.25) is 0 Å². The van der Waals surface area contributed by atoms with Crippen molar-refractivity contribution >= 4 is 22.6 Å². The monoisotopic (exact) mass is 353 g/mol. The SMILES string of the molecule is CCOc1ccc(NC(=NC)NCc2cc3ccccc3o2)cc1OC. The highest BCUT2D eigenvalue weighted by molar-refractivity contribution is 5.93. The van der Waals surface area contributed by atoms with E-state index in [-0.39, 0.29) is 0 Å². The molecule has 0 saturated heterocycles. The van der Waals surface area contributed by atoms with Gasteiger partial charge in [-0.15, -0.1) is 0 Å². The van der Waals surface area contributed by atoms with Crippen molar-refractivity contribution < 1.29 is 13.9 Å². The Hall–Kier alpha value is -3.15. The first kappa shape index (κ1) is 17.7. The minimum Gasteiger partial charge on any atom is -0.493 e. The molecule has 1 aromatic heterocycles. The van der Waals surface area contributed by atoms with E-state index in [0.717, 1.165) is 22.4 Å². The second kappa shape index (κ2) is 8.29. The third-order valence-electron chi connectivity index (χ3n) is 3.86. The first-order chi connectivity index (χ1) is 12.7. The van der Waals surface area contributed by atoms with E-state index >= 15 is 0 Å². The Morgan fingerprint density at radius 1 is 1.12 bits per heavy atom. The average Bonchev–Trinajstić information content (AvgIpc) is 3.09. The van der Waals surface area contributed by atoms with E-state index in [2.05, 4.69) is 15.6 Å². The van der Waals surface area contributed by atoms with Crippen LogP contribution in [-0.4, -0.2) is 26.7 Å². The topological polar surface area (TPSA) is 68.0 Å². The number of ether oxygens (including phenoxy) is 2. The molecule has 0 aliphatic rings. The van der Waals surface area contributed by atoms with E-state index < -0.39 is 0 Å². The minimum atomic E-state index is 0.530. The van der Waals surface area contributed by atoms with Crippen LogP contribution in [0.4, 0.5) is 5.69 Å². The molecule has 3 rings (SSSR count). The fourth-order valence-electron chi connectivity index (χ4n) is 2.63. The van der Waals surface area contributed by atoms with Crippen molar-refractivity contribution in [1.82, 2.24) is 5.32 Å². The second-order valence-electron chi connectivity index (χ2n) is 5.60. The highest BCUT2D eigenvalue weighted by atomic mass is 16.5. The predicted molar refractivity (Wildman–Crippen MR) is 104 cm³/mol. The van der Waals surface area contributed by atoms with Gasteiger partial charge >= 0.3 is 0 Å². The second-order valence-corrected chi connectivity index (χ2v) is 5.60. The van der Waals surface area contributed by atoms with Gasteiger partial charge in [-0.2, -0.15) is 0 Å². The van der Waals surface area contributed by atoms with Gasteiger partial charge in [0, 0.05) is 24.2 Å². The van der Waals surface area contributed by atoms with E-state index in [9.17, 15) is 0 Å². The molecule has 3 aromatic rings. The molecule has 136 valence electrons. The van der Waals surface area contributed by atoms with Gasteiger partial charge in [-0.1, -0.05) is 18.2 Å². The van der Waals surface area contributed by atoms with Gasteiger partial charge in [0.15, 0.2) is 17.5 Å². The van der Waals surface area contributed by atoms with Gasteiger partial charge in [-0.05, 0) is 31.2 Å². The highest BCUT2D eigenvalue weighted by Crippen LogP contribution is 2.30. The van der Waals surface area contributed by atoms with Crippen LogP contribution in [0.1, 0.15) is 12.7 Å². The van der Waals surface area contributed by atoms with E-state index in [1.807, 2.05) is 55.5 Å². The number of para-hydroxylation sites is 1. The predicted octanol–water partition coefficient (Wildman–Crippen LogP) is 4.03. The Balaban J connectivity index is 1.66. The highest BCUT2D eigenvalue weighted by Gasteiger charge is 2.08. The van der Waals surface area contributed by atoms with Crippen molar-refractivity contribution in [1.29, 1.82) is 0 Å². The largest absolute Gasteiger partial charge is 0.493 e. The number of fused-ring (bicyclic) bond motifs is 1. The lowest BCUT2D eigenvalue weighted by Crippen LogP contribution is -2.30. The number of aliphatic imine (C=N–C) groups is 1. The summed E-state index contributed by atoms with van der Waals surface area (Å²) in [6.45, 7) is 3.06. The van der Waals surface area contributed by atoms with Gasteiger partial charge < -0.3 is 24.5 Å². The molecule has 0 saturated carbocycles. The molecule has 0 spiro atoms. The zero-order valence-electron chi connectivity index (χ0n) is 15.2. The number of hydrogen-bond donors (Lipinski definition) is 2. The Labute approximate surface area is 152 Å². The summed E-state index contributed by atoms with van der Waals surface area (Å²) in [5.41, 5.74) is 1.73. The molecule has 1 heterocycles. The van der Waals surface area contributed by atoms with Crippen molar-refractivity contribution in [2.75, 3.05) is 26.1 Å². The van der Waals surface area contributed by atoms with Gasteiger partial charge in [0.25, 0.3) is 0 Å². The molecular weight excluding hydrogens is 330 g/mol. The molecule has 0 bridgehead atoms. The van der Waals surface area contributed by atoms with Crippen molar-refractivity contribution in [3.63, 3.8) is 0 Å². The molecule has 0 aliphatic carbocycles. The van der Waals surface area contributed by atoms with Crippen LogP contribution in [0.5, 0.6) is 11.5 Å². The van der Waals surface area contributed by atoms with Crippen molar-refractivity contribution in [3.8, 4) is 11.5 Å². The standard InChI is InChI=1S/C20H23N3O3/c1-4-25-18-10-9-15(12-19(18)24-3)23-20(21-2)22-13-16-11-14-7-5-6-8-17(14)26-16/h5-12H,4,13H2,1-3H3,(H2,21,22,23). The number of hydrogen-bond acceptors (Lipinski definition) is 4. The van der Waals surface area contributed by atoms with Crippen LogP contribution in [0, 0.1) is 0 Å². The smallest absolute Gasteiger partial charge is 0.195 e. The minimum absolute atomic E-state index is 0.530. The maximum atomic E-state index is 5.81. The van der Waals surface area contributed by atoms with Crippen LogP contribution in [0.25, 0.3) is 11.0 Å². The Morgan fingerprint density at radius 3 is 2.69 bits per heavy atom. The summed E-state index contributed by atoms with van der Waals surface area (Å²) in [4.78, 5) is 4.25. The van der Waals surface area contributed by atoms with Crippen LogP contribution in [0.15, 0.2) is 57.9 Å². The van der Waals surface area contributed by atoms with E-state index in [4.69, 9.17) is 13.9 Å². The van der Waals surface area contributed by atoms with Crippen molar-refractivity contribution in [2.45, 2.75) is 13.5 Å². The van der Waals surface area contributed by atoms with E-state index in [0.29, 0.717) is 30.6 Å². The van der Waals surface area contributed by atoms with Gasteiger partial charge in [-0.25, -0.2) is 0 Å². The summed E-state index contributed by atoms with van der Waals surface area (Å²) in [5.74, 6) is 2.87. The third kappa shape index (κ3) is 4.08. The zero-order valence-corrected chi connectivity index (χ0v) is 15.2. The first-order valence-corrected chi connectivity index (χ1v) is 8.49. The fraction of sp³-hybridized carbons (Fsp3) is 0.250. The van der Waals surface area contributed by atoms with Crippen molar-refractivity contribution in [3.05, 3.63) is 54.3 Å². The Kier molecular flexibility index (Phi) is 5.63. The van der Waals surface area contributed by atoms with Gasteiger partial charge in [0.05, 0.1) is 20.3 Å². The van der Waals surface area contributed by atoms with E-state index in [1.165, 1.54) is 0 Å².